The normalized spacial score (nSPS) is 23.6. The minimum atomic E-state index is 0.758. The Bertz CT molecular complexity index is 512. The second-order valence-corrected chi connectivity index (χ2v) is 5.07. The molecule has 1 aliphatic carbocycles. The van der Waals surface area contributed by atoms with E-state index in [9.17, 15) is 0 Å². The molecule has 0 saturated heterocycles. The van der Waals surface area contributed by atoms with Crippen molar-refractivity contribution in [1.82, 2.24) is 5.32 Å². The lowest BCUT2D eigenvalue weighted by molar-refractivity contribution is 0.252. The van der Waals surface area contributed by atoms with Gasteiger partial charge in [-0.25, -0.2) is 0 Å². The maximum Gasteiger partial charge on any atom is -0.00177 e. The Kier molecular flexibility index (Phi) is 2.86. The highest BCUT2D eigenvalue weighted by atomic mass is 14.8. The second kappa shape index (κ2) is 4.50. The summed E-state index contributed by atoms with van der Waals surface area (Å²) in [4.78, 5) is 0. The van der Waals surface area contributed by atoms with Crippen LogP contribution in [0.5, 0.6) is 0 Å². The van der Waals surface area contributed by atoms with Gasteiger partial charge in [0, 0.05) is 0 Å². The van der Waals surface area contributed by atoms with Crippen molar-refractivity contribution in [2.24, 2.45) is 5.92 Å². The monoisotopic (exact) mass is 225 g/mol. The van der Waals surface area contributed by atoms with E-state index in [0.717, 1.165) is 18.4 Å². The highest BCUT2D eigenvalue weighted by Gasteiger charge is 2.32. The predicted octanol–water partition coefficient (Wildman–Crippen LogP) is 3.55. The maximum atomic E-state index is 3.32. The van der Waals surface area contributed by atoms with Crippen molar-refractivity contribution in [2.45, 2.75) is 18.8 Å². The fraction of sp³-hybridized carbons (Fsp3) is 0.375. The van der Waals surface area contributed by atoms with Crippen molar-refractivity contribution >= 4 is 10.8 Å². The quantitative estimate of drug-likeness (QED) is 0.842. The van der Waals surface area contributed by atoms with Gasteiger partial charge in [-0.2, -0.15) is 0 Å². The average Bonchev–Trinajstić information content (AvgIpc) is 2.35. The molecule has 88 valence electrons. The third-order valence-electron chi connectivity index (χ3n) is 4.11. The largest absolute Gasteiger partial charge is 0.319 e. The molecule has 0 spiro atoms. The minimum Gasteiger partial charge on any atom is -0.319 e. The first-order valence-corrected chi connectivity index (χ1v) is 6.52. The molecule has 0 bridgehead atoms. The van der Waals surface area contributed by atoms with Gasteiger partial charge in [0.15, 0.2) is 0 Å². The van der Waals surface area contributed by atoms with Gasteiger partial charge in [-0.1, -0.05) is 42.5 Å². The molecule has 0 heterocycles. The summed E-state index contributed by atoms with van der Waals surface area (Å²) in [5, 5.41) is 6.14. The van der Waals surface area contributed by atoms with Crippen LogP contribution in [0.15, 0.2) is 42.5 Å². The van der Waals surface area contributed by atoms with Crippen LogP contribution in [0.2, 0.25) is 0 Å². The molecule has 3 rings (SSSR count). The standard InChI is InChI=1S/C16H19N/c1-17-11-13-9-10-15(13)16-8-4-6-12-5-2-3-7-14(12)16/h2-8,13,15,17H,9-11H2,1H3. The number of nitrogens with one attached hydrogen (secondary N) is 1. The molecular weight excluding hydrogens is 206 g/mol. The Morgan fingerprint density at radius 1 is 1.06 bits per heavy atom. The Morgan fingerprint density at radius 2 is 1.88 bits per heavy atom. The first-order valence-electron chi connectivity index (χ1n) is 6.52. The molecule has 1 aliphatic rings. The van der Waals surface area contributed by atoms with E-state index < -0.39 is 0 Å². The van der Waals surface area contributed by atoms with Crippen LogP contribution in [0.1, 0.15) is 24.3 Å². The summed E-state index contributed by atoms with van der Waals surface area (Å²) in [6.07, 6.45) is 2.72. The molecule has 1 saturated carbocycles. The zero-order chi connectivity index (χ0) is 11.7. The van der Waals surface area contributed by atoms with Crippen LogP contribution in [-0.4, -0.2) is 13.6 Å². The fourth-order valence-corrected chi connectivity index (χ4v) is 3.06. The Labute approximate surface area is 103 Å². The summed E-state index contributed by atoms with van der Waals surface area (Å²) < 4.78 is 0. The van der Waals surface area contributed by atoms with Gasteiger partial charge in [0.1, 0.15) is 0 Å². The van der Waals surface area contributed by atoms with Gasteiger partial charge in [-0.05, 0) is 54.6 Å². The number of benzene rings is 2. The van der Waals surface area contributed by atoms with Crippen molar-refractivity contribution in [3.8, 4) is 0 Å². The van der Waals surface area contributed by atoms with E-state index in [2.05, 4.69) is 54.8 Å². The third-order valence-corrected chi connectivity index (χ3v) is 4.11. The van der Waals surface area contributed by atoms with Crippen molar-refractivity contribution in [3.05, 3.63) is 48.0 Å². The summed E-state index contributed by atoms with van der Waals surface area (Å²) in [6, 6.07) is 15.5. The summed E-state index contributed by atoms with van der Waals surface area (Å²) >= 11 is 0. The highest BCUT2D eigenvalue weighted by Crippen LogP contribution is 2.44. The molecule has 2 atom stereocenters. The highest BCUT2D eigenvalue weighted by molar-refractivity contribution is 5.86. The van der Waals surface area contributed by atoms with Crippen LogP contribution in [-0.2, 0) is 0 Å². The third kappa shape index (κ3) is 1.85. The molecule has 1 N–H and O–H groups in total. The first-order chi connectivity index (χ1) is 8.40. The molecule has 2 aromatic carbocycles. The number of hydrogen-bond donors (Lipinski definition) is 1. The van der Waals surface area contributed by atoms with Crippen molar-refractivity contribution in [3.63, 3.8) is 0 Å². The first kappa shape index (κ1) is 10.8. The van der Waals surface area contributed by atoms with E-state index in [-0.39, 0.29) is 0 Å². The van der Waals surface area contributed by atoms with E-state index >= 15 is 0 Å². The van der Waals surface area contributed by atoms with Crippen LogP contribution in [0.25, 0.3) is 10.8 Å². The maximum absolute atomic E-state index is 3.32. The lowest BCUT2D eigenvalue weighted by atomic mass is 9.69. The molecular formula is C16H19N. The van der Waals surface area contributed by atoms with Gasteiger partial charge in [-0.3, -0.25) is 0 Å². The lowest BCUT2D eigenvalue weighted by Crippen LogP contribution is -2.32. The summed E-state index contributed by atoms with van der Waals surface area (Å²) in [5.74, 6) is 1.58. The molecule has 0 radical (unpaired) electrons. The van der Waals surface area contributed by atoms with Gasteiger partial charge in [0.2, 0.25) is 0 Å². The summed E-state index contributed by atoms with van der Waals surface area (Å²) in [6.45, 7) is 1.15. The second-order valence-electron chi connectivity index (χ2n) is 5.07. The zero-order valence-corrected chi connectivity index (χ0v) is 10.3. The average molecular weight is 225 g/mol. The fourth-order valence-electron chi connectivity index (χ4n) is 3.06. The Hall–Kier alpha value is -1.34. The van der Waals surface area contributed by atoms with Crippen molar-refractivity contribution in [2.75, 3.05) is 13.6 Å². The van der Waals surface area contributed by atoms with Gasteiger partial charge >= 0.3 is 0 Å². The van der Waals surface area contributed by atoms with Gasteiger partial charge < -0.3 is 5.32 Å². The number of rotatable bonds is 3. The molecule has 1 fully saturated rings. The Morgan fingerprint density at radius 3 is 2.65 bits per heavy atom. The lowest BCUT2D eigenvalue weighted by Gasteiger charge is -2.37. The van der Waals surface area contributed by atoms with Crippen LogP contribution in [0.4, 0.5) is 0 Å². The van der Waals surface area contributed by atoms with Gasteiger partial charge in [0.05, 0.1) is 0 Å². The van der Waals surface area contributed by atoms with Crippen LogP contribution in [0, 0.1) is 5.92 Å². The summed E-state index contributed by atoms with van der Waals surface area (Å²) in [7, 11) is 2.05. The SMILES string of the molecule is CNCC1CCC1c1cccc2ccccc12. The van der Waals surface area contributed by atoms with Crippen molar-refractivity contribution in [1.29, 1.82) is 0 Å². The minimum absolute atomic E-state index is 0.758. The van der Waals surface area contributed by atoms with E-state index in [1.54, 1.807) is 5.56 Å². The van der Waals surface area contributed by atoms with Gasteiger partial charge in [-0.15, -0.1) is 0 Å². The molecule has 1 nitrogen and oxygen atoms in total. The molecule has 0 aliphatic heterocycles. The van der Waals surface area contributed by atoms with Crippen LogP contribution < -0.4 is 5.32 Å². The smallest absolute Gasteiger partial charge is 0.00177 e. The van der Waals surface area contributed by atoms with Crippen molar-refractivity contribution < 1.29 is 0 Å². The van der Waals surface area contributed by atoms with E-state index in [0.29, 0.717) is 0 Å². The summed E-state index contributed by atoms with van der Waals surface area (Å²) in [5.41, 5.74) is 1.55. The van der Waals surface area contributed by atoms with Gasteiger partial charge in [0.25, 0.3) is 0 Å². The Balaban J connectivity index is 2.00. The van der Waals surface area contributed by atoms with E-state index in [4.69, 9.17) is 0 Å². The topological polar surface area (TPSA) is 12.0 Å². The van der Waals surface area contributed by atoms with Crippen LogP contribution >= 0.6 is 0 Å². The molecule has 17 heavy (non-hydrogen) atoms. The molecule has 0 amide bonds. The van der Waals surface area contributed by atoms with E-state index in [1.807, 2.05) is 0 Å². The number of fused-ring (bicyclic) bond motifs is 1. The zero-order valence-electron chi connectivity index (χ0n) is 10.3. The molecule has 0 aromatic heterocycles. The molecule has 1 heteroatoms. The van der Waals surface area contributed by atoms with E-state index in [1.165, 1.54) is 23.6 Å². The number of hydrogen-bond acceptors (Lipinski definition) is 1. The van der Waals surface area contributed by atoms with Crippen LogP contribution in [0.3, 0.4) is 0 Å². The molecule has 2 unspecified atom stereocenters. The molecule has 2 aromatic rings. The predicted molar refractivity (Wildman–Crippen MR) is 73.3 cm³/mol.